The molecular weight excluding hydrogens is 406 g/mol. The summed E-state index contributed by atoms with van der Waals surface area (Å²) in [5.74, 6) is 0.533. The number of hydrogen-bond acceptors (Lipinski definition) is 5. The molecule has 160 valence electrons. The Hall–Kier alpha value is -2.77. The van der Waals surface area contributed by atoms with Crippen LogP contribution in [0.2, 0.25) is 5.02 Å². The van der Waals surface area contributed by atoms with E-state index in [2.05, 4.69) is 10.6 Å². The summed E-state index contributed by atoms with van der Waals surface area (Å²) in [6.07, 6.45) is 1.66. The third-order valence-electron chi connectivity index (χ3n) is 5.03. The van der Waals surface area contributed by atoms with Crippen molar-refractivity contribution < 1.29 is 19.1 Å². The fourth-order valence-electron chi connectivity index (χ4n) is 3.53. The number of ether oxygens (including phenoxy) is 2. The maximum atomic E-state index is 12.6. The Balaban J connectivity index is 1.58. The number of anilines is 2. The normalized spacial score (nSPS) is 16.6. The lowest BCUT2D eigenvalue weighted by Crippen LogP contribution is -2.44. The van der Waals surface area contributed by atoms with Gasteiger partial charge >= 0.3 is 0 Å². The standard InChI is InChI=1S/C22H26ClN3O4/c1-29-19-12-18(20(30-2)11-17(19)23)25-21(27)14-26-10-6-7-15(13-26)22(28)24-16-8-4-3-5-9-16/h3-5,8-9,11-12,15H,6-7,10,13-14H2,1-2H3,(H,24,28)(H,25,27)/t15-/m1/s1. The molecule has 1 aliphatic rings. The van der Waals surface area contributed by atoms with Crippen molar-refractivity contribution in [1.82, 2.24) is 4.90 Å². The van der Waals surface area contributed by atoms with Crippen LogP contribution in [0.5, 0.6) is 11.5 Å². The molecule has 1 saturated heterocycles. The van der Waals surface area contributed by atoms with Gasteiger partial charge in [-0.2, -0.15) is 0 Å². The van der Waals surface area contributed by atoms with Crippen LogP contribution in [-0.4, -0.2) is 50.6 Å². The molecule has 0 spiro atoms. The fraction of sp³-hybridized carbons (Fsp3) is 0.364. The van der Waals surface area contributed by atoms with Gasteiger partial charge in [-0.3, -0.25) is 14.5 Å². The third kappa shape index (κ3) is 5.64. The number of methoxy groups -OCH3 is 2. The summed E-state index contributed by atoms with van der Waals surface area (Å²) in [6, 6.07) is 12.6. The first-order chi connectivity index (χ1) is 14.5. The van der Waals surface area contributed by atoms with Crippen molar-refractivity contribution in [1.29, 1.82) is 0 Å². The first kappa shape index (κ1) is 21.9. The highest BCUT2D eigenvalue weighted by Crippen LogP contribution is 2.35. The van der Waals surface area contributed by atoms with Gasteiger partial charge in [0.05, 0.1) is 37.4 Å². The van der Waals surface area contributed by atoms with Crippen LogP contribution in [0.3, 0.4) is 0 Å². The van der Waals surface area contributed by atoms with Crippen molar-refractivity contribution in [2.45, 2.75) is 12.8 Å². The lowest BCUT2D eigenvalue weighted by atomic mass is 9.97. The van der Waals surface area contributed by atoms with E-state index in [1.165, 1.54) is 14.2 Å². The number of halogens is 1. The van der Waals surface area contributed by atoms with Crippen molar-refractivity contribution in [3.8, 4) is 11.5 Å². The monoisotopic (exact) mass is 431 g/mol. The Kier molecular flexibility index (Phi) is 7.54. The van der Waals surface area contributed by atoms with Gasteiger partial charge in [-0.15, -0.1) is 0 Å². The van der Waals surface area contributed by atoms with Crippen LogP contribution >= 0.6 is 11.6 Å². The number of likely N-dealkylation sites (tertiary alicyclic amines) is 1. The van der Waals surface area contributed by atoms with Gasteiger partial charge in [0.25, 0.3) is 0 Å². The van der Waals surface area contributed by atoms with Gasteiger partial charge in [0.1, 0.15) is 11.5 Å². The SMILES string of the molecule is COc1cc(NC(=O)CN2CCC[C@@H](C(=O)Nc3ccccc3)C2)c(OC)cc1Cl. The Bertz CT molecular complexity index is 891. The van der Waals surface area contributed by atoms with Crippen LogP contribution in [0.4, 0.5) is 11.4 Å². The summed E-state index contributed by atoms with van der Waals surface area (Å²) in [6.45, 7) is 1.49. The zero-order chi connectivity index (χ0) is 21.5. The summed E-state index contributed by atoms with van der Waals surface area (Å²) in [7, 11) is 3.02. The molecule has 7 nitrogen and oxygen atoms in total. The van der Waals surface area contributed by atoms with Gasteiger partial charge in [0.15, 0.2) is 0 Å². The van der Waals surface area contributed by atoms with Crippen LogP contribution in [0.15, 0.2) is 42.5 Å². The van der Waals surface area contributed by atoms with Crippen LogP contribution in [-0.2, 0) is 9.59 Å². The Morgan fingerprint density at radius 2 is 1.83 bits per heavy atom. The largest absolute Gasteiger partial charge is 0.495 e. The molecular formula is C22H26ClN3O4. The number of rotatable bonds is 7. The molecule has 0 radical (unpaired) electrons. The minimum Gasteiger partial charge on any atom is -0.495 e. The second-order valence-corrected chi connectivity index (χ2v) is 7.57. The highest BCUT2D eigenvalue weighted by Gasteiger charge is 2.27. The molecule has 8 heteroatoms. The summed E-state index contributed by atoms with van der Waals surface area (Å²) in [4.78, 5) is 27.2. The van der Waals surface area contributed by atoms with Gasteiger partial charge in [0.2, 0.25) is 11.8 Å². The molecule has 2 aromatic rings. The smallest absolute Gasteiger partial charge is 0.238 e. The maximum Gasteiger partial charge on any atom is 0.238 e. The minimum absolute atomic E-state index is 0.0181. The number of hydrogen-bond donors (Lipinski definition) is 2. The summed E-state index contributed by atoms with van der Waals surface area (Å²) in [5, 5.41) is 6.20. The van der Waals surface area contributed by atoms with Gasteiger partial charge in [-0.05, 0) is 31.5 Å². The fourth-order valence-corrected chi connectivity index (χ4v) is 3.76. The van der Waals surface area contributed by atoms with Gasteiger partial charge < -0.3 is 20.1 Å². The molecule has 1 aliphatic heterocycles. The molecule has 2 amide bonds. The Morgan fingerprint density at radius 3 is 2.53 bits per heavy atom. The third-order valence-corrected chi connectivity index (χ3v) is 5.33. The van der Waals surface area contributed by atoms with E-state index in [-0.39, 0.29) is 24.3 Å². The molecule has 0 bridgehead atoms. The highest BCUT2D eigenvalue weighted by molar-refractivity contribution is 6.32. The molecule has 1 atom stereocenters. The predicted molar refractivity (Wildman–Crippen MR) is 117 cm³/mol. The van der Waals surface area contributed by atoms with Crippen molar-refractivity contribution >= 4 is 34.8 Å². The second kappa shape index (κ2) is 10.3. The van der Waals surface area contributed by atoms with Gasteiger partial charge in [-0.25, -0.2) is 0 Å². The molecule has 0 aliphatic carbocycles. The molecule has 3 rings (SSSR count). The lowest BCUT2D eigenvalue weighted by molar-refractivity contribution is -0.123. The van der Waals surface area contributed by atoms with Crippen molar-refractivity contribution in [3.05, 3.63) is 47.5 Å². The highest BCUT2D eigenvalue weighted by atomic mass is 35.5. The Labute approximate surface area is 181 Å². The second-order valence-electron chi connectivity index (χ2n) is 7.16. The number of para-hydroxylation sites is 1. The summed E-state index contributed by atoms with van der Waals surface area (Å²) < 4.78 is 10.5. The number of carbonyl (C=O) groups excluding carboxylic acids is 2. The topological polar surface area (TPSA) is 79.9 Å². The van der Waals surface area contributed by atoms with E-state index in [0.29, 0.717) is 28.8 Å². The molecule has 0 saturated carbocycles. The molecule has 0 unspecified atom stereocenters. The molecule has 1 fully saturated rings. The van der Waals surface area contributed by atoms with Crippen LogP contribution in [0.25, 0.3) is 0 Å². The minimum atomic E-state index is -0.193. The maximum absolute atomic E-state index is 12.6. The zero-order valence-electron chi connectivity index (χ0n) is 17.1. The van der Waals surface area contributed by atoms with E-state index in [1.54, 1.807) is 12.1 Å². The number of piperidine rings is 1. The lowest BCUT2D eigenvalue weighted by Gasteiger charge is -2.31. The number of nitrogens with zero attached hydrogens (tertiary/aromatic N) is 1. The van der Waals surface area contributed by atoms with Crippen LogP contribution in [0, 0.1) is 5.92 Å². The molecule has 30 heavy (non-hydrogen) atoms. The number of benzene rings is 2. The number of amides is 2. The predicted octanol–water partition coefficient (Wildman–Crippen LogP) is 3.65. The van der Waals surface area contributed by atoms with E-state index in [4.69, 9.17) is 21.1 Å². The van der Waals surface area contributed by atoms with E-state index >= 15 is 0 Å². The van der Waals surface area contributed by atoms with E-state index in [9.17, 15) is 9.59 Å². The zero-order valence-corrected chi connectivity index (χ0v) is 17.9. The van der Waals surface area contributed by atoms with Gasteiger partial charge in [0, 0.05) is 24.4 Å². The molecule has 0 aromatic heterocycles. The summed E-state index contributed by atoms with van der Waals surface area (Å²) >= 11 is 6.11. The van der Waals surface area contributed by atoms with E-state index in [0.717, 1.165) is 25.1 Å². The Morgan fingerprint density at radius 1 is 1.10 bits per heavy atom. The average molecular weight is 432 g/mol. The first-order valence-electron chi connectivity index (χ1n) is 9.79. The molecule has 2 N–H and O–H groups in total. The van der Waals surface area contributed by atoms with Crippen LogP contribution in [0.1, 0.15) is 12.8 Å². The summed E-state index contributed by atoms with van der Waals surface area (Å²) in [5.41, 5.74) is 1.26. The average Bonchev–Trinajstić information content (AvgIpc) is 2.75. The van der Waals surface area contributed by atoms with Crippen molar-refractivity contribution in [2.75, 3.05) is 44.5 Å². The van der Waals surface area contributed by atoms with Crippen molar-refractivity contribution in [2.24, 2.45) is 5.92 Å². The van der Waals surface area contributed by atoms with Crippen LogP contribution < -0.4 is 20.1 Å². The first-order valence-corrected chi connectivity index (χ1v) is 10.2. The van der Waals surface area contributed by atoms with Gasteiger partial charge in [-0.1, -0.05) is 29.8 Å². The molecule has 1 heterocycles. The number of carbonyl (C=O) groups is 2. The van der Waals surface area contributed by atoms with Crippen molar-refractivity contribution in [3.63, 3.8) is 0 Å². The number of nitrogens with one attached hydrogen (secondary N) is 2. The molecule has 2 aromatic carbocycles. The quantitative estimate of drug-likeness (QED) is 0.699. The van der Waals surface area contributed by atoms with E-state index in [1.807, 2.05) is 35.2 Å². The van der Waals surface area contributed by atoms with E-state index < -0.39 is 0 Å².